The lowest BCUT2D eigenvalue weighted by molar-refractivity contribution is 0.624. The summed E-state index contributed by atoms with van der Waals surface area (Å²) in [6.45, 7) is 0.791. The standard InChI is InChI=1S/C11H11ClFN/c1-14-8-3-2-5-9-10(12)6-4-7-11(9)13/h4,6-7,14H,3,8H2,1H3. The van der Waals surface area contributed by atoms with Gasteiger partial charge in [0, 0.05) is 13.0 Å². The van der Waals surface area contributed by atoms with Crippen molar-refractivity contribution in [1.29, 1.82) is 0 Å². The second kappa shape index (κ2) is 5.64. The SMILES string of the molecule is CNCCC#Cc1c(F)cccc1Cl. The van der Waals surface area contributed by atoms with E-state index < -0.39 is 0 Å². The normalized spacial score (nSPS) is 9.36. The Morgan fingerprint density at radius 3 is 2.93 bits per heavy atom. The maximum Gasteiger partial charge on any atom is 0.140 e. The Morgan fingerprint density at radius 2 is 2.29 bits per heavy atom. The minimum Gasteiger partial charge on any atom is -0.319 e. The third-order valence-electron chi connectivity index (χ3n) is 1.68. The van der Waals surface area contributed by atoms with Crippen LogP contribution in [0.2, 0.25) is 5.02 Å². The minimum absolute atomic E-state index is 0.283. The molecule has 1 nitrogen and oxygen atoms in total. The largest absolute Gasteiger partial charge is 0.319 e. The molecule has 0 atom stereocenters. The van der Waals surface area contributed by atoms with Crippen molar-refractivity contribution < 1.29 is 4.39 Å². The van der Waals surface area contributed by atoms with Crippen LogP contribution in [0, 0.1) is 17.7 Å². The molecule has 3 heteroatoms. The van der Waals surface area contributed by atoms with Crippen LogP contribution in [0.1, 0.15) is 12.0 Å². The summed E-state index contributed by atoms with van der Waals surface area (Å²) in [4.78, 5) is 0. The zero-order valence-corrected chi connectivity index (χ0v) is 8.66. The number of hydrogen-bond acceptors (Lipinski definition) is 1. The predicted octanol–water partition coefficient (Wildman–Crippen LogP) is 2.44. The molecule has 0 spiro atoms. The van der Waals surface area contributed by atoms with Gasteiger partial charge in [0.2, 0.25) is 0 Å². The van der Waals surface area contributed by atoms with Crippen molar-refractivity contribution in [3.05, 3.63) is 34.6 Å². The first-order chi connectivity index (χ1) is 6.75. The molecule has 0 amide bonds. The monoisotopic (exact) mass is 211 g/mol. The van der Waals surface area contributed by atoms with E-state index in [1.54, 1.807) is 12.1 Å². The molecule has 0 aliphatic rings. The molecule has 0 unspecified atom stereocenters. The summed E-state index contributed by atoms with van der Waals surface area (Å²) in [5.74, 6) is 5.20. The third kappa shape index (κ3) is 3.02. The van der Waals surface area contributed by atoms with E-state index in [0.29, 0.717) is 11.4 Å². The summed E-state index contributed by atoms with van der Waals surface area (Å²) >= 11 is 5.78. The van der Waals surface area contributed by atoms with Crippen molar-refractivity contribution in [2.24, 2.45) is 0 Å². The number of halogens is 2. The van der Waals surface area contributed by atoms with Crippen LogP contribution in [0.4, 0.5) is 4.39 Å². The maximum atomic E-state index is 13.2. The first-order valence-corrected chi connectivity index (χ1v) is 4.71. The van der Waals surface area contributed by atoms with Gasteiger partial charge in [-0.1, -0.05) is 29.5 Å². The van der Waals surface area contributed by atoms with Crippen molar-refractivity contribution in [2.75, 3.05) is 13.6 Å². The molecule has 74 valence electrons. The summed E-state index contributed by atoms with van der Waals surface area (Å²) in [6, 6.07) is 4.55. The molecule has 0 aliphatic heterocycles. The van der Waals surface area contributed by atoms with Gasteiger partial charge in [-0.05, 0) is 19.2 Å². The van der Waals surface area contributed by atoms with Gasteiger partial charge >= 0.3 is 0 Å². The number of hydrogen-bond donors (Lipinski definition) is 1. The zero-order chi connectivity index (χ0) is 10.4. The molecule has 0 aromatic heterocycles. The van der Waals surface area contributed by atoms with Gasteiger partial charge in [0.15, 0.2) is 0 Å². The Morgan fingerprint density at radius 1 is 1.50 bits per heavy atom. The lowest BCUT2D eigenvalue weighted by atomic mass is 10.2. The molecule has 1 N–H and O–H groups in total. The van der Waals surface area contributed by atoms with E-state index in [0.717, 1.165) is 6.54 Å². The Balaban J connectivity index is 2.78. The quantitative estimate of drug-likeness (QED) is 0.585. The number of rotatable bonds is 2. The molecule has 14 heavy (non-hydrogen) atoms. The van der Waals surface area contributed by atoms with Crippen LogP contribution in [-0.2, 0) is 0 Å². The molecule has 0 bridgehead atoms. The van der Waals surface area contributed by atoms with Crippen LogP contribution in [0.15, 0.2) is 18.2 Å². The third-order valence-corrected chi connectivity index (χ3v) is 1.99. The highest BCUT2D eigenvalue weighted by molar-refractivity contribution is 6.31. The van der Waals surface area contributed by atoms with Gasteiger partial charge in [-0.25, -0.2) is 4.39 Å². The lowest BCUT2D eigenvalue weighted by Gasteiger charge is -1.96. The van der Waals surface area contributed by atoms with Crippen LogP contribution in [0.3, 0.4) is 0 Å². The van der Waals surface area contributed by atoms with Crippen LogP contribution in [-0.4, -0.2) is 13.6 Å². The van der Waals surface area contributed by atoms with Gasteiger partial charge in [0.1, 0.15) is 5.82 Å². The topological polar surface area (TPSA) is 12.0 Å². The molecule has 1 rings (SSSR count). The van der Waals surface area contributed by atoms with E-state index in [1.807, 2.05) is 7.05 Å². The second-order valence-corrected chi connectivity index (χ2v) is 3.16. The summed E-state index contributed by atoms with van der Waals surface area (Å²) < 4.78 is 13.2. The van der Waals surface area contributed by atoms with Crippen molar-refractivity contribution in [1.82, 2.24) is 5.32 Å². The predicted molar refractivity (Wildman–Crippen MR) is 56.8 cm³/mol. The van der Waals surface area contributed by atoms with Gasteiger partial charge in [-0.3, -0.25) is 0 Å². The Kier molecular flexibility index (Phi) is 4.45. The van der Waals surface area contributed by atoms with E-state index in [4.69, 9.17) is 11.6 Å². The highest BCUT2D eigenvalue weighted by Crippen LogP contribution is 2.17. The molecule has 1 aromatic carbocycles. The van der Waals surface area contributed by atoms with Crippen molar-refractivity contribution in [2.45, 2.75) is 6.42 Å². The average Bonchev–Trinajstić information content (AvgIpc) is 2.16. The molecule has 0 aliphatic carbocycles. The Bertz CT molecular complexity index is 345. The van der Waals surface area contributed by atoms with E-state index >= 15 is 0 Å². The first kappa shape index (κ1) is 11.0. The van der Waals surface area contributed by atoms with Gasteiger partial charge in [-0.15, -0.1) is 0 Å². The van der Waals surface area contributed by atoms with Gasteiger partial charge in [0.05, 0.1) is 10.6 Å². The molecule has 1 aromatic rings. The van der Waals surface area contributed by atoms with Gasteiger partial charge < -0.3 is 5.32 Å². The summed E-state index contributed by atoms with van der Waals surface area (Å²) in [5, 5.41) is 3.32. The van der Waals surface area contributed by atoms with E-state index in [2.05, 4.69) is 17.2 Å². The zero-order valence-electron chi connectivity index (χ0n) is 7.90. The highest BCUT2D eigenvalue weighted by Gasteiger charge is 2.01. The highest BCUT2D eigenvalue weighted by atomic mass is 35.5. The first-order valence-electron chi connectivity index (χ1n) is 4.33. The van der Waals surface area contributed by atoms with E-state index in [9.17, 15) is 4.39 Å². The van der Waals surface area contributed by atoms with Gasteiger partial charge in [-0.2, -0.15) is 0 Å². The molecular formula is C11H11ClFN. The number of nitrogens with one attached hydrogen (secondary N) is 1. The number of benzene rings is 1. The molecule has 0 fully saturated rings. The van der Waals surface area contributed by atoms with Crippen LogP contribution in [0.5, 0.6) is 0 Å². The minimum atomic E-state index is -0.366. The summed E-state index contributed by atoms with van der Waals surface area (Å²) in [7, 11) is 1.84. The van der Waals surface area contributed by atoms with Crippen LogP contribution < -0.4 is 5.32 Å². The average molecular weight is 212 g/mol. The van der Waals surface area contributed by atoms with Crippen LogP contribution >= 0.6 is 11.6 Å². The van der Waals surface area contributed by atoms with Crippen molar-refractivity contribution in [3.63, 3.8) is 0 Å². The summed E-state index contributed by atoms with van der Waals surface area (Å²) in [5.41, 5.74) is 0.283. The van der Waals surface area contributed by atoms with Crippen molar-refractivity contribution >= 4 is 11.6 Å². The summed E-state index contributed by atoms with van der Waals surface area (Å²) in [6.07, 6.45) is 0.682. The Labute approximate surface area is 88.3 Å². The molecule has 0 radical (unpaired) electrons. The fourth-order valence-electron chi connectivity index (χ4n) is 0.956. The molecule has 0 saturated heterocycles. The smallest absolute Gasteiger partial charge is 0.140 e. The molecule has 0 heterocycles. The van der Waals surface area contributed by atoms with Gasteiger partial charge in [0.25, 0.3) is 0 Å². The fraction of sp³-hybridized carbons (Fsp3) is 0.273. The van der Waals surface area contributed by atoms with E-state index in [1.165, 1.54) is 6.07 Å². The van der Waals surface area contributed by atoms with Crippen molar-refractivity contribution in [3.8, 4) is 11.8 Å². The maximum absolute atomic E-state index is 13.2. The fourth-order valence-corrected chi connectivity index (χ4v) is 1.17. The molecule has 0 saturated carbocycles. The lowest BCUT2D eigenvalue weighted by Crippen LogP contribution is -2.05. The van der Waals surface area contributed by atoms with Crippen LogP contribution in [0.25, 0.3) is 0 Å². The molecular weight excluding hydrogens is 201 g/mol. The van der Waals surface area contributed by atoms with E-state index in [-0.39, 0.29) is 11.4 Å². The second-order valence-electron chi connectivity index (χ2n) is 2.75. The Hall–Kier alpha value is -1.04.